The molecule has 1 aromatic heterocycles. The Bertz CT molecular complexity index is 1030. The molecule has 8 nitrogen and oxygen atoms in total. The van der Waals surface area contributed by atoms with Crippen LogP contribution in [0, 0.1) is 6.92 Å². The van der Waals surface area contributed by atoms with Gasteiger partial charge in [-0.3, -0.25) is 9.59 Å². The standard InChI is InChI=1S/C23H25NO7/c1-13-6-8-17(31-13)20-19(21(25)14-7-9-16(28-2)18(11-14)29-3)22(26)23(27)24(20)12-15-5-4-10-30-15/h6-9,11,15,20,25H,4-5,10,12H2,1-3H3/b21-19-. The summed E-state index contributed by atoms with van der Waals surface area (Å²) in [5, 5.41) is 11.1. The van der Waals surface area contributed by atoms with Gasteiger partial charge in [0.15, 0.2) is 11.5 Å². The number of Topliss-reactive ketones (excluding diaryl/α,β-unsaturated/α-hetero) is 1. The van der Waals surface area contributed by atoms with Crippen molar-refractivity contribution in [2.45, 2.75) is 31.9 Å². The number of benzene rings is 1. The number of carbonyl (C=O) groups is 2. The molecule has 1 aromatic carbocycles. The van der Waals surface area contributed by atoms with E-state index in [-0.39, 0.29) is 24.0 Å². The molecular weight excluding hydrogens is 402 g/mol. The third-order valence-corrected chi connectivity index (χ3v) is 5.65. The number of methoxy groups -OCH3 is 2. The largest absolute Gasteiger partial charge is 0.507 e. The molecule has 2 aromatic rings. The minimum atomic E-state index is -0.842. The molecule has 1 amide bonds. The third kappa shape index (κ3) is 3.79. The van der Waals surface area contributed by atoms with E-state index in [9.17, 15) is 14.7 Å². The molecule has 2 aliphatic rings. The number of carbonyl (C=O) groups excluding carboxylic acids is 2. The van der Waals surface area contributed by atoms with Gasteiger partial charge in [0.25, 0.3) is 11.7 Å². The van der Waals surface area contributed by atoms with Crippen molar-refractivity contribution in [1.29, 1.82) is 0 Å². The number of amides is 1. The molecule has 31 heavy (non-hydrogen) atoms. The first-order valence-corrected chi connectivity index (χ1v) is 10.1. The quantitative estimate of drug-likeness (QED) is 0.429. The van der Waals surface area contributed by atoms with Gasteiger partial charge in [0.2, 0.25) is 0 Å². The zero-order chi connectivity index (χ0) is 22.1. The molecule has 2 unspecified atom stereocenters. The maximum atomic E-state index is 13.0. The van der Waals surface area contributed by atoms with Crippen LogP contribution in [0.15, 0.2) is 40.3 Å². The second kappa shape index (κ2) is 8.47. The lowest BCUT2D eigenvalue weighted by Crippen LogP contribution is -2.36. The average molecular weight is 427 g/mol. The van der Waals surface area contributed by atoms with E-state index in [1.54, 1.807) is 37.3 Å². The molecule has 0 saturated carbocycles. The van der Waals surface area contributed by atoms with Crippen LogP contribution in [0.1, 0.15) is 36.0 Å². The van der Waals surface area contributed by atoms with Gasteiger partial charge in [-0.05, 0) is 50.1 Å². The number of furan rings is 1. The third-order valence-electron chi connectivity index (χ3n) is 5.65. The topological polar surface area (TPSA) is 98.4 Å². The molecule has 0 spiro atoms. The molecule has 8 heteroatoms. The van der Waals surface area contributed by atoms with Gasteiger partial charge in [-0.1, -0.05) is 0 Å². The Morgan fingerprint density at radius 2 is 1.94 bits per heavy atom. The molecule has 2 aliphatic heterocycles. The fraction of sp³-hybridized carbons (Fsp3) is 0.391. The Balaban J connectivity index is 1.81. The summed E-state index contributed by atoms with van der Waals surface area (Å²) in [4.78, 5) is 27.4. The highest BCUT2D eigenvalue weighted by molar-refractivity contribution is 6.46. The van der Waals surface area contributed by atoms with Crippen molar-refractivity contribution in [3.05, 3.63) is 53.0 Å². The van der Waals surface area contributed by atoms with E-state index in [2.05, 4.69) is 0 Å². The second-order valence-electron chi connectivity index (χ2n) is 7.60. The molecule has 0 radical (unpaired) electrons. The maximum absolute atomic E-state index is 13.0. The van der Waals surface area contributed by atoms with Crippen molar-refractivity contribution in [2.24, 2.45) is 0 Å². The van der Waals surface area contributed by atoms with Crippen LogP contribution >= 0.6 is 0 Å². The molecule has 2 saturated heterocycles. The summed E-state index contributed by atoms with van der Waals surface area (Å²) in [6.07, 6.45) is 1.56. The Morgan fingerprint density at radius 1 is 1.16 bits per heavy atom. The number of ketones is 1. The number of aliphatic hydroxyl groups excluding tert-OH is 1. The highest BCUT2D eigenvalue weighted by atomic mass is 16.5. The van der Waals surface area contributed by atoms with Crippen LogP contribution in [0.3, 0.4) is 0 Å². The van der Waals surface area contributed by atoms with Gasteiger partial charge in [-0.15, -0.1) is 0 Å². The van der Waals surface area contributed by atoms with E-state index in [1.807, 2.05) is 0 Å². The summed E-state index contributed by atoms with van der Waals surface area (Å²) in [5.41, 5.74) is 0.311. The van der Waals surface area contributed by atoms with Crippen molar-refractivity contribution >= 4 is 17.4 Å². The number of rotatable bonds is 6. The van der Waals surface area contributed by atoms with E-state index in [1.165, 1.54) is 19.1 Å². The number of hydrogen-bond acceptors (Lipinski definition) is 7. The van der Waals surface area contributed by atoms with E-state index < -0.39 is 17.7 Å². The zero-order valence-corrected chi connectivity index (χ0v) is 17.7. The molecule has 1 N–H and O–H groups in total. The summed E-state index contributed by atoms with van der Waals surface area (Å²) in [7, 11) is 2.99. The van der Waals surface area contributed by atoms with Gasteiger partial charge in [0.1, 0.15) is 23.3 Å². The van der Waals surface area contributed by atoms with Gasteiger partial charge in [0, 0.05) is 18.7 Å². The Hall–Kier alpha value is -3.26. The number of hydrogen-bond donors (Lipinski definition) is 1. The molecule has 3 heterocycles. The highest BCUT2D eigenvalue weighted by Gasteiger charge is 2.48. The predicted octanol–water partition coefficient (Wildman–Crippen LogP) is 3.21. The van der Waals surface area contributed by atoms with E-state index in [4.69, 9.17) is 18.6 Å². The van der Waals surface area contributed by atoms with Gasteiger partial charge in [-0.25, -0.2) is 0 Å². The number of nitrogens with zero attached hydrogens (tertiary/aromatic N) is 1. The van der Waals surface area contributed by atoms with Gasteiger partial charge >= 0.3 is 0 Å². The van der Waals surface area contributed by atoms with Crippen LogP contribution in [0.4, 0.5) is 0 Å². The molecule has 4 rings (SSSR count). The molecule has 2 atom stereocenters. The van der Waals surface area contributed by atoms with Crippen LogP contribution in [0.25, 0.3) is 5.76 Å². The fourth-order valence-corrected chi connectivity index (χ4v) is 4.11. The van der Waals surface area contributed by atoms with Gasteiger partial charge in [0.05, 0.1) is 25.9 Å². The second-order valence-corrected chi connectivity index (χ2v) is 7.60. The normalized spacial score (nSPS) is 22.9. The summed E-state index contributed by atoms with van der Waals surface area (Å²) < 4.78 is 22.0. The van der Waals surface area contributed by atoms with E-state index in [0.29, 0.717) is 35.2 Å². The van der Waals surface area contributed by atoms with Crippen LogP contribution in [-0.2, 0) is 14.3 Å². The van der Waals surface area contributed by atoms with Crippen LogP contribution in [-0.4, -0.2) is 55.2 Å². The van der Waals surface area contributed by atoms with Gasteiger partial charge < -0.3 is 28.6 Å². The SMILES string of the molecule is COc1ccc(/C(O)=C2/C(=O)C(=O)N(CC3CCCO3)C2c2ccc(C)o2)cc1OC. The zero-order valence-electron chi connectivity index (χ0n) is 17.7. The van der Waals surface area contributed by atoms with Crippen LogP contribution in [0.5, 0.6) is 11.5 Å². The van der Waals surface area contributed by atoms with Crippen molar-refractivity contribution in [3.63, 3.8) is 0 Å². The van der Waals surface area contributed by atoms with Crippen molar-refractivity contribution in [3.8, 4) is 11.5 Å². The predicted molar refractivity (Wildman–Crippen MR) is 111 cm³/mol. The highest BCUT2D eigenvalue weighted by Crippen LogP contribution is 2.41. The maximum Gasteiger partial charge on any atom is 0.295 e. The number of aryl methyl sites for hydroxylation is 1. The summed E-state index contributed by atoms with van der Waals surface area (Å²) in [6, 6.07) is 7.43. The minimum Gasteiger partial charge on any atom is -0.507 e. The molecular formula is C23H25NO7. The smallest absolute Gasteiger partial charge is 0.295 e. The summed E-state index contributed by atoms with van der Waals surface area (Å²) in [5.74, 6) is 0.191. The lowest BCUT2D eigenvalue weighted by molar-refractivity contribution is -0.141. The Labute approximate surface area is 180 Å². The van der Waals surface area contributed by atoms with Gasteiger partial charge in [-0.2, -0.15) is 0 Å². The number of likely N-dealkylation sites (tertiary alicyclic amines) is 1. The van der Waals surface area contributed by atoms with E-state index in [0.717, 1.165) is 12.8 Å². The molecule has 2 fully saturated rings. The summed E-state index contributed by atoms with van der Waals surface area (Å²) in [6.45, 7) is 2.66. The lowest BCUT2D eigenvalue weighted by atomic mass is 9.99. The first kappa shape index (κ1) is 21.0. The molecule has 164 valence electrons. The van der Waals surface area contributed by atoms with Crippen molar-refractivity contribution in [1.82, 2.24) is 4.90 Å². The first-order chi connectivity index (χ1) is 14.9. The van der Waals surface area contributed by atoms with Crippen molar-refractivity contribution in [2.75, 3.05) is 27.4 Å². The first-order valence-electron chi connectivity index (χ1n) is 10.1. The number of ether oxygens (including phenoxy) is 3. The molecule has 0 bridgehead atoms. The van der Waals surface area contributed by atoms with E-state index >= 15 is 0 Å². The minimum absolute atomic E-state index is 0.0235. The monoisotopic (exact) mass is 427 g/mol. The number of aliphatic hydroxyl groups is 1. The average Bonchev–Trinajstić information content (AvgIpc) is 3.50. The summed E-state index contributed by atoms with van der Waals surface area (Å²) >= 11 is 0. The Morgan fingerprint density at radius 3 is 2.55 bits per heavy atom. The fourth-order valence-electron chi connectivity index (χ4n) is 4.11. The van der Waals surface area contributed by atoms with Crippen LogP contribution in [0.2, 0.25) is 0 Å². The van der Waals surface area contributed by atoms with Crippen LogP contribution < -0.4 is 9.47 Å². The lowest BCUT2D eigenvalue weighted by Gasteiger charge is -2.25. The van der Waals surface area contributed by atoms with Crippen molar-refractivity contribution < 1.29 is 33.3 Å². The Kier molecular flexibility index (Phi) is 5.73. The molecule has 0 aliphatic carbocycles.